The number of alkyl halides is 1. The Hall–Kier alpha value is -0.560. The minimum atomic E-state index is 0.218. The predicted molar refractivity (Wildman–Crippen MR) is 78.1 cm³/mol. The highest BCUT2D eigenvalue weighted by molar-refractivity contribution is 6.21. The third-order valence-electron chi connectivity index (χ3n) is 4.40. The zero-order valence-corrected chi connectivity index (χ0v) is 12.5. The number of halogens is 1. The monoisotopic (exact) mass is 265 g/mol. The fraction of sp³-hybridized carbons (Fsp3) is 0.688. The second-order valence-electron chi connectivity index (χ2n) is 6.39. The molecule has 1 nitrogen and oxygen atoms in total. The Morgan fingerprint density at radius 1 is 1.39 bits per heavy atom. The van der Waals surface area contributed by atoms with E-state index in [9.17, 15) is 0 Å². The van der Waals surface area contributed by atoms with Crippen LogP contribution in [0.3, 0.4) is 0 Å². The van der Waals surface area contributed by atoms with Gasteiger partial charge in [-0.25, -0.2) is 0 Å². The van der Waals surface area contributed by atoms with Gasteiger partial charge in [0.1, 0.15) is 0 Å². The van der Waals surface area contributed by atoms with Gasteiger partial charge in [-0.3, -0.25) is 4.98 Å². The van der Waals surface area contributed by atoms with E-state index >= 15 is 0 Å². The molecule has 0 amide bonds. The SMILES string of the molecule is Cc1ccc(CC(Cl)C2CCCCC2(C)C)nc1. The number of pyridine rings is 1. The van der Waals surface area contributed by atoms with Crippen molar-refractivity contribution in [2.24, 2.45) is 11.3 Å². The summed E-state index contributed by atoms with van der Waals surface area (Å²) in [6, 6.07) is 4.23. The number of rotatable bonds is 3. The fourth-order valence-electron chi connectivity index (χ4n) is 3.15. The molecule has 1 aromatic rings. The van der Waals surface area contributed by atoms with Gasteiger partial charge in [-0.1, -0.05) is 32.8 Å². The number of hydrogen-bond donors (Lipinski definition) is 0. The van der Waals surface area contributed by atoms with Crippen LogP contribution in [0.5, 0.6) is 0 Å². The molecule has 0 spiro atoms. The molecule has 2 heteroatoms. The van der Waals surface area contributed by atoms with Crippen LogP contribution in [0.15, 0.2) is 18.3 Å². The summed E-state index contributed by atoms with van der Waals surface area (Å²) in [5, 5.41) is 0.218. The maximum Gasteiger partial charge on any atom is 0.0424 e. The molecule has 1 saturated carbocycles. The molecule has 1 heterocycles. The first kappa shape index (κ1) is 13.9. The van der Waals surface area contributed by atoms with Gasteiger partial charge in [0.05, 0.1) is 0 Å². The highest BCUT2D eigenvalue weighted by Crippen LogP contribution is 2.44. The largest absolute Gasteiger partial charge is 0.261 e. The van der Waals surface area contributed by atoms with Gasteiger partial charge in [0.25, 0.3) is 0 Å². The molecule has 0 saturated heterocycles. The molecule has 1 fully saturated rings. The topological polar surface area (TPSA) is 12.9 Å². The van der Waals surface area contributed by atoms with Crippen molar-refractivity contribution in [1.29, 1.82) is 0 Å². The van der Waals surface area contributed by atoms with Crippen LogP contribution < -0.4 is 0 Å². The Morgan fingerprint density at radius 3 is 2.78 bits per heavy atom. The van der Waals surface area contributed by atoms with Crippen LogP contribution in [0.2, 0.25) is 0 Å². The van der Waals surface area contributed by atoms with Crippen LogP contribution in [0.25, 0.3) is 0 Å². The molecule has 0 aromatic carbocycles. The van der Waals surface area contributed by atoms with Crippen LogP contribution in [0.1, 0.15) is 50.8 Å². The Labute approximate surface area is 116 Å². The first-order valence-corrected chi connectivity index (χ1v) is 7.48. The molecule has 2 unspecified atom stereocenters. The molecular formula is C16H24ClN. The molecule has 18 heavy (non-hydrogen) atoms. The lowest BCUT2D eigenvalue weighted by Gasteiger charge is -2.41. The van der Waals surface area contributed by atoms with E-state index in [0.717, 1.165) is 12.1 Å². The highest BCUT2D eigenvalue weighted by Gasteiger charge is 2.36. The van der Waals surface area contributed by atoms with Gasteiger partial charge in [-0.15, -0.1) is 11.6 Å². The second kappa shape index (κ2) is 5.61. The van der Waals surface area contributed by atoms with Crippen molar-refractivity contribution in [2.75, 3.05) is 0 Å². The van der Waals surface area contributed by atoms with Gasteiger partial charge >= 0.3 is 0 Å². The van der Waals surface area contributed by atoms with Crippen molar-refractivity contribution in [1.82, 2.24) is 4.98 Å². The van der Waals surface area contributed by atoms with E-state index in [-0.39, 0.29) is 5.38 Å². The summed E-state index contributed by atoms with van der Waals surface area (Å²) < 4.78 is 0. The Morgan fingerprint density at radius 2 is 2.17 bits per heavy atom. The lowest BCUT2D eigenvalue weighted by molar-refractivity contribution is 0.132. The zero-order chi connectivity index (χ0) is 13.2. The maximum absolute atomic E-state index is 6.68. The third kappa shape index (κ3) is 3.26. The van der Waals surface area contributed by atoms with Gasteiger partial charge in [0.2, 0.25) is 0 Å². The zero-order valence-electron chi connectivity index (χ0n) is 11.7. The van der Waals surface area contributed by atoms with Gasteiger partial charge in [-0.2, -0.15) is 0 Å². The van der Waals surface area contributed by atoms with E-state index < -0.39 is 0 Å². The van der Waals surface area contributed by atoms with Crippen LogP contribution in [0, 0.1) is 18.3 Å². The van der Waals surface area contributed by atoms with Crippen LogP contribution in [0.4, 0.5) is 0 Å². The molecule has 2 rings (SSSR count). The minimum Gasteiger partial charge on any atom is -0.261 e. The molecule has 2 atom stereocenters. The Bertz CT molecular complexity index is 383. The van der Waals surface area contributed by atoms with Crippen molar-refractivity contribution in [3.8, 4) is 0 Å². The lowest BCUT2D eigenvalue weighted by Crippen LogP contribution is -2.35. The number of aryl methyl sites for hydroxylation is 1. The van der Waals surface area contributed by atoms with Gasteiger partial charge in [0, 0.05) is 23.7 Å². The predicted octanol–water partition coefficient (Wildman–Crippen LogP) is 4.76. The van der Waals surface area contributed by atoms with Gasteiger partial charge < -0.3 is 0 Å². The normalized spacial score (nSPS) is 24.8. The average molecular weight is 266 g/mol. The number of nitrogens with zero attached hydrogens (tertiary/aromatic N) is 1. The molecule has 1 aliphatic rings. The molecule has 100 valence electrons. The van der Waals surface area contributed by atoms with Crippen molar-refractivity contribution in [3.05, 3.63) is 29.6 Å². The molecule has 0 radical (unpaired) electrons. The maximum atomic E-state index is 6.68. The summed E-state index contributed by atoms with van der Waals surface area (Å²) >= 11 is 6.68. The van der Waals surface area contributed by atoms with Crippen molar-refractivity contribution in [2.45, 2.75) is 58.3 Å². The van der Waals surface area contributed by atoms with Crippen LogP contribution in [-0.2, 0) is 6.42 Å². The highest BCUT2D eigenvalue weighted by atomic mass is 35.5. The Kier molecular flexibility index (Phi) is 4.32. The first-order valence-electron chi connectivity index (χ1n) is 7.04. The van der Waals surface area contributed by atoms with Gasteiger partial charge in [-0.05, 0) is 42.7 Å². The number of aromatic nitrogens is 1. The summed E-state index contributed by atoms with van der Waals surface area (Å²) in [7, 11) is 0. The van der Waals surface area contributed by atoms with E-state index in [1.54, 1.807) is 0 Å². The first-order chi connectivity index (χ1) is 8.49. The summed E-state index contributed by atoms with van der Waals surface area (Å²) in [4.78, 5) is 4.48. The number of hydrogen-bond acceptors (Lipinski definition) is 1. The summed E-state index contributed by atoms with van der Waals surface area (Å²) in [6.45, 7) is 6.81. The summed E-state index contributed by atoms with van der Waals surface area (Å²) in [6.07, 6.45) is 8.10. The van der Waals surface area contributed by atoms with E-state index in [1.165, 1.54) is 31.2 Å². The minimum absolute atomic E-state index is 0.218. The molecule has 0 bridgehead atoms. The van der Waals surface area contributed by atoms with Crippen molar-refractivity contribution in [3.63, 3.8) is 0 Å². The lowest BCUT2D eigenvalue weighted by atomic mass is 9.67. The van der Waals surface area contributed by atoms with E-state index in [1.807, 2.05) is 6.20 Å². The summed E-state index contributed by atoms with van der Waals surface area (Å²) in [5.74, 6) is 0.621. The van der Waals surface area contributed by atoms with Crippen LogP contribution in [-0.4, -0.2) is 10.4 Å². The summed E-state index contributed by atoms with van der Waals surface area (Å²) in [5.41, 5.74) is 2.72. The quantitative estimate of drug-likeness (QED) is 0.719. The molecule has 0 N–H and O–H groups in total. The fourth-order valence-corrected chi connectivity index (χ4v) is 3.78. The van der Waals surface area contributed by atoms with Crippen molar-refractivity contribution < 1.29 is 0 Å². The standard InChI is InChI=1S/C16H24ClN/c1-12-7-8-13(18-11-12)10-15(17)14-6-4-5-9-16(14,2)3/h7-8,11,14-15H,4-6,9-10H2,1-3H3. The molecular weight excluding hydrogens is 242 g/mol. The smallest absolute Gasteiger partial charge is 0.0424 e. The third-order valence-corrected chi connectivity index (χ3v) is 4.86. The molecule has 1 aromatic heterocycles. The molecule has 1 aliphatic carbocycles. The van der Waals surface area contributed by atoms with Crippen molar-refractivity contribution >= 4 is 11.6 Å². The van der Waals surface area contributed by atoms with Crippen LogP contribution >= 0.6 is 11.6 Å². The average Bonchev–Trinajstić information content (AvgIpc) is 2.31. The molecule has 0 aliphatic heterocycles. The Balaban J connectivity index is 2.02. The second-order valence-corrected chi connectivity index (χ2v) is 6.95. The van der Waals surface area contributed by atoms with E-state index in [2.05, 4.69) is 37.9 Å². The van der Waals surface area contributed by atoms with E-state index in [4.69, 9.17) is 11.6 Å². The van der Waals surface area contributed by atoms with E-state index in [0.29, 0.717) is 11.3 Å². The van der Waals surface area contributed by atoms with Gasteiger partial charge in [0.15, 0.2) is 0 Å².